The van der Waals surface area contributed by atoms with Gasteiger partial charge in [0.1, 0.15) is 22.9 Å². The number of hydrogen-bond acceptors (Lipinski definition) is 6. The Labute approximate surface area is 281 Å². The number of H-pyrrole nitrogens is 2. The number of aromatic nitrogens is 4. The summed E-state index contributed by atoms with van der Waals surface area (Å²) in [5.41, 5.74) is 5.14. The van der Waals surface area contributed by atoms with Gasteiger partial charge < -0.3 is 24.8 Å². The molecule has 1 aliphatic heterocycles. The van der Waals surface area contributed by atoms with E-state index in [-0.39, 0.29) is 18.2 Å². The highest BCUT2D eigenvalue weighted by atomic mass is 16.6. The molecule has 0 saturated carbocycles. The molecule has 48 heavy (non-hydrogen) atoms. The Morgan fingerprint density at radius 2 is 1.56 bits per heavy atom. The first kappa shape index (κ1) is 33.1. The fraction of sp³-hybridized carbons (Fsp3) is 0.421. The monoisotopic (exact) mass is 650 g/mol. The van der Waals surface area contributed by atoms with Gasteiger partial charge in [-0.2, -0.15) is 0 Å². The fourth-order valence-electron chi connectivity index (χ4n) is 6.12. The zero-order valence-electron chi connectivity index (χ0n) is 28.8. The number of aryl methyl sites for hydroxylation is 1. The number of carbonyl (C=O) groups is 2. The molecule has 0 bridgehead atoms. The van der Waals surface area contributed by atoms with Crippen LogP contribution in [0.2, 0.25) is 0 Å². The second kappa shape index (κ2) is 13.3. The molecule has 1 atom stereocenters. The Morgan fingerprint density at radius 3 is 2.31 bits per heavy atom. The Morgan fingerprint density at radius 1 is 0.875 bits per heavy atom. The lowest BCUT2D eigenvalue weighted by atomic mass is 9.99. The molecule has 10 heteroatoms. The molecule has 3 heterocycles. The number of aromatic amines is 2. The molecule has 1 aliphatic rings. The first-order valence-electron chi connectivity index (χ1n) is 16.9. The van der Waals surface area contributed by atoms with Gasteiger partial charge in [-0.05, 0) is 113 Å². The van der Waals surface area contributed by atoms with E-state index in [4.69, 9.17) is 14.5 Å². The van der Waals surface area contributed by atoms with Crippen LogP contribution in [-0.2, 0) is 15.9 Å². The van der Waals surface area contributed by atoms with Crippen LogP contribution in [-0.4, -0.2) is 61.3 Å². The number of ether oxygens (including phenoxy) is 2. The number of nitrogens with zero attached hydrogens (tertiary/aromatic N) is 3. The summed E-state index contributed by atoms with van der Waals surface area (Å²) >= 11 is 0. The van der Waals surface area contributed by atoms with Crippen LogP contribution in [0, 0.1) is 0 Å². The Hall–Kier alpha value is -4.86. The average molecular weight is 651 g/mol. The van der Waals surface area contributed by atoms with Crippen LogP contribution in [0.15, 0.2) is 60.8 Å². The summed E-state index contributed by atoms with van der Waals surface area (Å²) in [5.74, 6) is 1.73. The van der Waals surface area contributed by atoms with Crippen molar-refractivity contribution >= 4 is 34.0 Å². The lowest BCUT2D eigenvalue weighted by Crippen LogP contribution is -2.36. The van der Waals surface area contributed by atoms with Gasteiger partial charge in [0.2, 0.25) is 0 Å². The first-order valence-corrected chi connectivity index (χ1v) is 16.9. The molecule has 252 valence electrons. The lowest BCUT2D eigenvalue weighted by molar-refractivity contribution is 0.0218. The molecule has 2 amide bonds. The number of alkyl carbamates (subject to hydrolysis) is 1. The van der Waals surface area contributed by atoms with Gasteiger partial charge >= 0.3 is 12.2 Å². The van der Waals surface area contributed by atoms with Crippen LogP contribution >= 0.6 is 0 Å². The normalized spacial score (nSPS) is 15.3. The van der Waals surface area contributed by atoms with Crippen molar-refractivity contribution in [2.24, 2.45) is 0 Å². The largest absolute Gasteiger partial charge is 0.444 e. The van der Waals surface area contributed by atoms with E-state index in [9.17, 15) is 9.59 Å². The second-order valence-electron chi connectivity index (χ2n) is 14.6. The molecule has 6 rings (SSSR count). The van der Waals surface area contributed by atoms with Crippen LogP contribution < -0.4 is 5.32 Å². The summed E-state index contributed by atoms with van der Waals surface area (Å²) in [6, 6.07) is 19.1. The van der Waals surface area contributed by atoms with Crippen LogP contribution in [0.5, 0.6) is 0 Å². The number of unbranched alkanes of at least 4 members (excludes halogenated alkanes) is 1. The number of likely N-dealkylation sites (tertiary alicyclic amines) is 1. The molecule has 3 N–H and O–H groups in total. The van der Waals surface area contributed by atoms with Crippen molar-refractivity contribution < 1.29 is 19.1 Å². The molecular formula is C38H46N6O4. The average Bonchev–Trinajstić information content (AvgIpc) is 3.78. The van der Waals surface area contributed by atoms with Crippen LogP contribution in [0.1, 0.15) is 84.9 Å². The summed E-state index contributed by atoms with van der Waals surface area (Å²) in [6.07, 6.45) is 5.50. The van der Waals surface area contributed by atoms with Crippen molar-refractivity contribution in [2.75, 3.05) is 13.1 Å². The SMILES string of the molecule is CC(C)(C)OC(=O)NCCCCc1nc2ccc(-c3ccc4cc(-c5cnc([C@@H]6CCCN6C(=O)OC(C)(C)C)[nH]5)ccc4c3)cc2[nH]1. The minimum absolute atomic E-state index is 0.118. The van der Waals surface area contributed by atoms with Gasteiger partial charge in [0, 0.05) is 25.1 Å². The third-order valence-electron chi connectivity index (χ3n) is 8.32. The Bertz CT molecular complexity index is 1930. The summed E-state index contributed by atoms with van der Waals surface area (Å²) in [4.78, 5) is 42.8. The van der Waals surface area contributed by atoms with Gasteiger partial charge in [-0.15, -0.1) is 0 Å². The second-order valence-corrected chi connectivity index (χ2v) is 14.6. The highest BCUT2D eigenvalue weighted by Crippen LogP contribution is 2.34. The molecule has 2 aromatic heterocycles. The summed E-state index contributed by atoms with van der Waals surface area (Å²) in [6.45, 7) is 12.5. The molecular weight excluding hydrogens is 604 g/mol. The van der Waals surface area contributed by atoms with Crippen LogP contribution in [0.25, 0.3) is 44.2 Å². The summed E-state index contributed by atoms with van der Waals surface area (Å²) in [5, 5.41) is 5.09. The predicted octanol–water partition coefficient (Wildman–Crippen LogP) is 8.69. The first-order chi connectivity index (χ1) is 22.8. The number of rotatable bonds is 8. The van der Waals surface area contributed by atoms with Crippen molar-refractivity contribution in [2.45, 2.75) is 90.9 Å². The number of benzene rings is 3. The predicted molar refractivity (Wildman–Crippen MR) is 189 cm³/mol. The Balaban J connectivity index is 1.10. The fourth-order valence-corrected chi connectivity index (χ4v) is 6.12. The molecule has 0 aliphatic carbocycles. The van der Waals surface area contributed by atoms with E-state index in [0.29, 0.717) is 13.1 Å². The van der Waals surface area contributed by atoms with Crippen LogP contribution in [0.4, 0.5) is 9.59 Å². The maximum absolute atomic E-state index is 12.8. The number of hydrogen-bond donors (Lipinski definition) is 3. The Kier molecular flexibility index (Phi) is 9.18. The van der Waals surface area contributed by atoms with E-state index in [0.717, 1.165) is 87.9 Å². The maximum atomic E-state index is 12.8. The zero-order chi connectivity index (χ0) is 34.1. The number of nitrogens with one attached hydrogen (secondary N) is 3. The highest BCUT2D eigenvalue weighted by Gasteiger charge is 2.34. The van der Waals surface area contributed by atoms with Crippen LogP contribution in [0.3, 0.4) is 0 Å². The van der Waals surface area contributed by atoms with Crippen molar-refractivity contribution in [3.05, 3.63) is 72.4 Å². The van der Waals surface area contributed by atoms with Gasteiger partial charge in [-0.1, -0.05) is 30.3 Å². The topological polar surface area (TPSA) is 125 Å². The van der Waals surface area contributed by atoms with E-state index >= 15 is 0 Å². The van der Waals surface area contributed by atoms with Crippen molar-refractivity contribution in [1.29, 1.82) is 0 Å². The van der Waals surface area contributed by atoms with Gasteiger partial charge in [0.15, 0.2) is 0 Å². The van der Waals surface area contributed by atoms with Gasteiger partial charge in [-0.25, -0.2) is 19.6 Å². The van der Waals surface area contributed by atoms with Gasteiger partial charge in [0.05, 0.1) is 29.0 Å². The lowest BCUT2D eigenvalue weighted by Gasteiger charge is -2.27. The molecule has 1 saturated heterocycles. The smallest absolute Gasteiger partial charge is 0.410 e. The third-order valence-corrected chi connectivity index (χ3v) is 8.32. The zero-order valence-corrected chi connectivity index (χ0v) is 28.8. The van der Waals surface area contributed by atoms with E-state index in [1.54, 1.807) is 4.90 Å². The minimum atomic E-state index is -0.537. The molecule has 5 aromatic rings. The number of carbonyl (C=O) groups excluding carboxylic acids is 2. The number of fused-ring (bicyclic) bond motifs is 2. The van der Waals surface area contributed by atoms with E-state index in [1.165, 1.54) is 0 Å². The third kappa shape index (κ3) is 7.98. The van der Waals surface area contributed by atoms with E-state index in [1.807, 2.05) is 47.7 Å². The molecule has 0 radical (unpaired) electrons. The maximum Gasteiger partial charge on any atom is 0.410 e. The van der Waals surface area contributed by atoms with Crippen molar-refractivity contribution in [3.8, 4) is 22.4 Å². The number of imidazole rings is 2. The molecule has 10 nitrogen and oxygen atoms in total. The molecule has 1 fully saturated rings. The molecule has 0 unspecified atom stereocenters. The summed E-state index contributed by atoms with van der Waals surface area (Å²) in [7, 11) is 0. The van der Waals surface area contributed by atoms with Crippen molar-refractivity contribution in [1.82, 2.24) is 30.2 Å². The minimum Gasteiger partial charge on any atom is -0.444 e. The highest BCUT2D eigenvalue weighted by molar-refractivity contribution is 5.91. The van der Waals surface area contributed by atoms with Crippen molar-refractivity contribution in [3.63, 3.8) is 0 Å². The quantitative estimate of drug-likeness (QED) is 0.144. The van der Waals surface area contributed by atoms with Gasteiger partial charge in [0.25, 0.3) is 0 Å². The summed E-state index contributed by atoms with van der Waals surface area (Å²) < 4.78 is 10.9. The standard InChI is InChI=1S/C38H46N6O4/c1-37(2,3)47-35(45)39-18-8-7-11-33-41-29-17-16-27(22-30(29)42-33)25-12-13-26-21-28(15-14-24(26)20-25)31-23-40-34(43-31)32-10-9-19-44(32)36(46)48-38(4,5)6/h12-17,20-23,32H,7-11,18-19H2,1-6H3,(H,39,45)(H,40,43)(H,41,42)/t32-/m0/s1. The molecule has 3 aromatic carbocycles. The van der Waals surface area contributed by atoms with Gasteiger partial charge in [-0.3, -0.25) is 4.90 Å². The van der Waals surface area contributed by atoms with E-state index < -0.39 is 11.2 Å². The molecule has 0 spiro atoms. The van der Waals surface area contributed by atoms with E-state index in [2.05, 4.69) is 74.9 Å². The number of amides is 2.